The van der Waals surface area contributed by atoms with E-state index < -0.39 is 0 Å². The summed E-state index contributed by atoms with van der Waals surface area (Å²) >= 11 is 1.86. The molecule has 0 saturated carbocycles. The minimum atomic E-state index is 0.0480. The molecule has 0 amide bonds. The largest absolute Gasteiger partial charge is 0.323 e. The van der Waals surface area contributed by atoms with Crippen LogP contribution in [0.3, 0.4) is 0 Å². The second kappa shape index (κ2) is 5.98. The average Bonchev–Trinajstić information content (AvgIpc) is 2.92. The zero-order valence-corrected chi connectivity index (χ0v) is 12.6. The van der Waals surface area contributed by atoms with Gasteiger partial charge in [0.15, 0.2) is 0 Å². The molecule has 2 unspecified atom stereocenters. The summed E-state index contributed by atoms with van der Waals surface area (Å²) in [6.07, 6.45) is 4.09. The first-order valence-electron chi connectivity index (χ1n) is 7.21. The van der Waals surface area contributed by atoms with E-state index in [1.54, 1.807) is 0 Å². The van der Waals surface area contributed by atoms with E-state index in [0.717, 1.165) is 18.6 Å². The molecule has 1 heterocycles. The predicted molar refractivity (Wildman–Crippen MR) is 85.1 cm³/mol. The van der Waals surface area contributed by atoms with E-state index in [-0.39, 0.29) is 6.04 Å². The molecule has 1 aromatic heterocycles. The third-order valence-electron chi connectivity index (χ3n) is 4.01. The van der Waals surface area contributed by atoms with E-state index in [1.165, 1.54) is 21.7 Å². The average molecular weight is 284 g/mol. The Bertz CT molecular complexity index is 580. The summed E-state index contributed by atoms with van der Waals surface area (Å²) in [5, 5.41) is 0. The van der Waals surface area contributed by atoms with Crippen LogP contribution in [0.4, 0.5) is 0 Å². The number of hydrogen-bond donors (Lipinski definition) is 1. The Kier molecular flexibility index (Phi) is 4.08. The molecule has 0 saturated heterocycles. The van der Waals surface area contributed by atoms with Crippen LogP contribution in [0, 0.1) is 0 Å². The summed E-state index contributed by atoms with van der Waals surface area (Å²) in [5.74, 6) is 1.46. The number of benzene rings is 1. The van der Waals surface area contributed by atoms with Crippen LogP contribution in [-0.4, -0.2) is 10.7 Å². The van der Waals surface area contributed by atoms with Crippen LogP contribution in [-0.2, 0) is 6.42 Å². The van der Waals surface area contributed by atoms with Gasteiger partial charge in [-0.25, -0.2) is 0 Å². The Morgan fingerprint density at radius 2 is 2.10 bits per heavy atom. The summed E-state index contributed by atoms with van der Waals surface area (Å²) in [6.45, 7) is 2.17. The van der Waals surface area contributed by atoms with Crippen molar-refractivity contribution < 1.29 is 0 Å². The van der Waals surface area contributed by atoms with Gasteiger partial charge < -0.3 is 5.73 Å². The quantitative estimate of drug-likeness (QED) is 0.865. The van der Waals surface area contributed by atoms with E-state index in [9.17, 15) is 0 Å². The molecule has 2 atom stereocenters. The van der Waals surface area contributed by atoms with Gasteiger partial charge in [0.25, 0.3) is 0 Å². The van der Waals surface area contributed by atoms with Crippen molar-refractivity contribution in [2.45, 2.75) is 36.6 Å². The number of pyridine rings is 1. The SMILES string of the molecule is CCSc1ccc(C(N)C2CCc3cccnc32)cc1. The summed E-state index contributed by atoms with van der Waals surface area (Å²) < 4.78 is 0. The van der Waals surface area contributed by atoms with Gasteiger partial charge in [-0.3, -0.25) is 4.98 Å². The number of nitrogens with zero attached hydrogens (tertiary/aromatic N) is 1. The molecule has 1 aliphatic carbocycles. The maximum Gasteiger partial charge on any atom is 0.0485 e. The number of thioether (sulfide) groups is 1. The van der Waals surface area contributed by atoms with Gasteiger partial charge in [0.05, 0.1) is 0 Å². The number of hydrogen-bond acceptors (Lipinski definition) is 3. The van der Waals surface area contributed by atoms with Crippen LogP contribution in [0.1, 0.15) is 42.1 Å². The lowest BCUT2D eigenvalue weighted by Gasteiger charge is -2.20. The van der Waals surface area contributed by atoms with Crippen molar-refractivity contribution >= 4 is 11.8 Å². The van der Waals surface area contributed by atoms with E-state index >= 15 is 0 Å². The van der Waals surface area contributed by atoms with Crippen LogP contribution in [0.15, 0.2) is 47.5 Å². The third-order valence-corrected chi connectivity index (χ3v) is 4.91. The highest BCUT2D eigenvalue weighted by atomic mass is 32.2. The van der Waals surface area contributed by atoms with Crippen LogP contribution in [0.25, 0.3) is 0 Å². The highest BCUT2D eigenvalue weighted by Gasteiger charge is 2.29. The van der Waals surface area contributed by atoms with Crippen molar-refractivity contribution in [1.29, 1.82) is 0 Å². The molecule has 1 aliphatic rings. The molecule has 104 valence electrons. The van der Waals surface area contributed by atoms with Crippen LogP contribution in [0.5, 0.6) is 0 Å². The molecule has 0 fully saturated rings. The Morgan fingerprint density at radius 1 is 1.30 bits per heavy atom. The molecule has 3 heteroatoms. The summed E-state index contributed by atoms with van der Waals surface area (Å²) in [7, 11) is 0. The fourth-order valence-electron chi connectivity index (χ4n) is 2.98. The number of nitrogens with two attached hydrogens (primary N) is 1. The van der Waals surface area contributed by atoms with Crippen LogP contribution >= 0.6 is 11.8 Å². The lowest BCUT2D eigenvalue weighted by Crippen LogP contribution is -2.18. The minimum Gasteiger partial charge on any atom is -0.323 e. The van der Waals surface area contributed by atoms with Gasteiger partial charge in [-0.1, -0.05) is 25.1 Å². The summed E-state index contributed by atoms with van der Waals surface area (Å²) in [6, 6.07) is 12.9. The van der Waals surface area contributed by atoms with Crippen molar-refractivity contribution in [2.75, 3.05) is 5.75 Å². The van der Waals surface area contributed by atoms with Crippen LogP contribution in [0.2, 0.25) is 0 Å². The topological polar surface area (TPSA) is 38.9 Å². The lowest BCUT2D eigenvalue weighted by atomic mass is 9.92. The van der Waals surface area contributed by atoms with Crippen molar-refractivity contribution in [1.82, 2.24) is 4.98 Å². The Morgan fingerprint density at radius 3 is 2.85 bits per heavy atom. The van der Waals surface area contributed by atoms with Crippen LogP contribution < -0.4 is 5.73 Å². The highest BCUT2D eigenvalue weighted by Crippen LogP contribution is 2.39. The van der Waals surface area contributed by atoms with Gasteiger partial charge in [-0.2, -0.15) is 0 Å². The first kappa shape index (κ1) is 13.7. The predicted octanol–water partition coefficient (Wildman–Crippen LogP) is 3.92. The standard InChI is InChI=1S/C17H20N2S/c1-2-20-14-8-5-12(6-9-14)16(18)15-10-7-13-4-3-11-19-17(13)15/h3-6,8-9,11,15-16H,2,7,10,18H2,1H3. The molecular weight excluding hydrogens is 264 g/mol. The number of rotatable bonds is 4. The van der Waals surface area contributed by atoms with Gasteiger partial charge in [-0.15, -0.1) is 11.8 Å². The fourth-order valence-corrected chi connectivity index (χ4v) is 3.64. The Hall–Kier alpha value is -1.32. The first-order valence-corrected chi connectivity index (χ1v) is 8.20. The highest BCUT2D eigenvalue weighted by molar-refractivity contribution is 7.99. The molecule has 0 spiro atoms. The first-order chi connectivity index (χ1) is 9.79. The van der Waals surface area contributed by atoms with Crippen molar-refractivity contribution in [3.63, 3.8) is 0 Å². The molecule has 20 heavy (non-hydrogen) atoms. The second-order valence-electron chi connectivity index (χ2n) is 5.22. The molecule has 3 rings (SSSR count). The normalized spacial score (nSPS) is 18.8. The lowest BCUT2D eigenvalue weighted by molar-refractivity contribution is 0.541. The smallest absolute Gasteiger partial charge is 0.0485 e. The van der Waals surface area contributed by atoms with Gasteiger partial charge >= 0.3 is 0 Å². The summed E-state index contributed by atoms with van der Waals surface area (Å²) in [4.78, 5) is 5.86. The van der Waals surface area contributed by atoms with Gasteiger partial charge in [0.1, 0.15) is 0 Å². The molecular formula is C17H20N2S. The van der Waals surface area contributed by atoms with Crippen molar-refractivity contribution in [3.8, 4) is 0 Å². The molecule has 0 aliphatic heterocycles. The minimum absolute atomic E-state index is 0.0480. The van der Waals surface area contributed by atoms with Crippen molar-refractivity contribution in [3.05, 3.63) is 59.4 Å². The molecule has 1 aromatic carbocycles. The molecule has 0 radical (unpaired) electrons. The monoisotopic (exact) mass is 284 g/mol. The molecule has 2 aromatic rings. The van der Waals surface area contributed by atoms with E-state index in [0.29, 0.717) is 5.92 Å². The van der Waals surface area contributed by atoms with E-state index in [1.807, 2.05) is 24.0 Å². The maximum atomic E-state index is 6.49. The summed E-state index contributed by atoms with van der Waals surface area (Å²) in [5.41, 5.74) is 10.3. The van der Waals surface area contributed by atoms with Gasteiger partial charge in [0, 0.05) is 28.7 Å². The number of fused-ring (bicyclic) bond motifs is 1. The van der Waals surface area contributed by atoms with Gasteiger partial charge in [0.2, 0.25) is 0 Å². The Labute approximate surface area is 124 Å². The van der Waals surface area contributed by atoms with E-state index in [4.69, 9.17) is 5.73 Å². The van der Waals surface area contributed by atoms with Crippen molar-refractivity contribution in [2.24, 2.45) is 5.73 Å². The third kappa shape index (κ3) is 2.60. The van der Waals surface area contributed by atoms with Gasteiger partial charge in [-0.05, 0) is 47.9 Å². The number of aryl methyl sites for hydroxylation is 1. The molecule has 0 bridgehead atoms. The molecule has 2 nitrogen and oxygen atoms in total. The zero-order valence-electron chi connectivity index (χ0n) is 11.8. The fraction of sp³-hybridized carbons (Fsp3) is 0.353. The number of aromatic nitrogens is 1. The van der Waals surface area contributed by atoms with E-state index in [2.05, 4.69) is 42.2 Å². The maximum absolute atomic E-state index is 6.49. The zero-order chi connectivity index (χ0) is 13.9. The molecule has 2 N–H and O–H groups in total. The second-order valence-corrected chi connectivity index (χ2v) is 6.56. The Balaban J connectivity index is 1.81.